The second kappa shape index (κ2) is 7.19. The standard InChI is InChI=1S/C16H12ClF2NO3/c17-11-3-1-2-9(6-11)7-14(16(22)23)20-15(21)10-4-5-12(18)13(19)8-10/h1-6,8,14H,7H2,(H,20,21)(H,22,23)/t14-/m0/s1. The first-order chi connectivity index (χ1) is 10.9. The highest BCUT2D eigenvalue weighted by Gasteiger charge is 2.21. The Balaban J connectivity index is 2.14. The summed E-state index contributed by atoms with van der Waals surface area (Å²) in [4.78, 5) is 23.3. The van der Waals surface area contributed by atoms with Crippen LogP contribution in [0, 0.1) is 11.6 Å². The maximum absolute atomic E-state index is 13.1. The van der Waals surface area contributed by atoms with Gasteiger partial charge in [-0.05, 0) is 35.9 Å². The van der Waals surface area contributed by atoms with E-state index in [4.69, 9.17) is 11.6 Å². The lowest BCUT2D eigenvalue weighted by atomic mass is 10.1. The third-order valence-corrected chi connectivity index (χ3v) is 3.35. The number of amides is 1. The van der Waals surface area contributed by atoms with Crippen molar-refractivity contribution < 1.29 is 23.5 Å². The summed E-state index contributed by atoms with van der Waals surface area (Å²) in [6.07, 6.45) is 0.00527. The van der Waals surface area contributed by atoms with Crippen LogP contribution in [0.4, 0.5) is 8.78 Å². The Kier molecular flexibility index (Phi) is 5.28. The Labute approximate surface area is 135 Å². The molecule has 0 saturated heterocycles. The molecule has 0 bridgehead atoms. The van der Waals surface area contributed by atoms with Gasteiger partial charge in [-0.3, -0.25) is 4.79 Å². The van der Waals surface area contributed by atoms with Gasteiger partial charge in [-0.25, -0.2) is 13.6 Å². The lowest BCUT2D eigenvalue weighted by Crippen LogP contribution is -2.42. The molecule has 120 valence electrons. The van der Waals surface area contributed by atoms with E-state index in [1.54, 1.807) is 24.3 Å². The largest absolute Gasteiger partial charge is 0.480 e. The molecule has 0 spiro atoms. The molecule has 0 heterocycles. The number of rotatable bonds is 5. The van der Waals surface area contributed by atoms with Crippen LogP contribution < -0.4 is 5.32 Å². The van der Waals surface area contributed by atoms with Gasteiger partial charge in [0.15, 0.2) is 11.6 Å². The molecule has 0 aliphatic heterocycles. The van der Waals surface area contributed by atoms with Crippen molar-refractivity contribution >= 4 is 23.5 Å². The maximum atomic E-state index is 13.1. The van der Waals surface area contributed by atoms with Crippen molar-refractivity contribution in [1.82, 2.24) is 5.32 Å². The summed E-state index contributed by atoms with van der Waals surface area (Å²) in [5, 5.41) is 11.9. The van der Waals surface area contributed by atoms with Gasteiger partial charge in [0.1, 0.15) is 6.04 Å². The predicted octanol–water partition coefficient (Wildman–Crippen LogP) is 3.04. The average molecular weight is 340 g/mol. The van der Waals surface area contributed by atoms with Crippen LogP contribution in [0.5, 0.6) is 0 Å². The molecule has 0 aliphatic rings. The Morgan fingerprint density at radius 2 is 1.87 bits per heavy atom. The number of carboxylic acids is 1. The minimum Gasteiger partial charge on any atom is -0.480 e. The van der Waals surface area contributed by atoms with E-state index in [1.165, 1.54) is 0 Å². The highest BCUT2D eigenvalue weighted by Crippen LogP contribution is 2.13. The van der Waals surface area contributed by atoms with Gasteiger partial charge in [0, 0.05) is 17.0 Å². The van der Waals surface area contributed by atoms with Gasteiger partial charge < -0.3 is 10.4 Å². The van der Waals surface area contributed by atoms with Crippen LogP contribution in [-0.2, 0) is 11.2 Å². The van der Waals surface area contributed by atoms with Crippen molar-refractivity contribution in [3.05, 3.63) is 70.2 Å². The normalized spacial score (nSPS) is 11.8. The zero-order chi connectivity index (χ0) is 17.0. The van der Waals surface area contributed by atoms with Crippen molar-refractivity contribution in [2.75, 3.05) is 0 Å². The molecular weight excluding hydrogens is 328 g/mol. The molecule has 1 amide bonds. The smallest absolute Gasteiger partial charge is 0.326 e. The van der Waals surface area contributed by atoms with E-state index in [1.807, 2.05) is 0 Å². The fourth-order valence-corrected chi connectivity index (χ4v) is 2.19. The molecule has 0 fully saturated rings. The number of carbonyl (C=O) groups excluding carboxylic acids is 1. The van der Waals surface area contributed by atoms with Gasteiger partial charge >= 0.3 is 5.97 Å². The third kappa shape index (κ3) is 4.50. The topological polar surface area (TPSA) is 66.4 Å². The molecule has 4 nitrogen and oxygen atoms in total. The monoisotopic (exact) mass is 339 g/mol. The van der Waals surface area contributed by atoms with Gasteiger partial charge in [-0.15, -0.1) is 0 Å². The molecular formula is C16H12ClF2NO3. The molecule has 2 aromatic rings. The molecule has 7 heteroatoms. The van der Waals surface area contributed by atoms with E-state index in [-0.39, 0.29) is 12.0 Å². The SMILES string of the molecule is O=C(N[C@@H](Cc1cccc(Cl)c1)C(=O)O)c1ccc(F)c(F)c1. The zero-order valence-corrected chi connectivity index (χ0v) is 12.5. The van der Waals surface area contributed by atoms with Crippen LogP contribution in [0.25, 0.3) is 0 Å². The molecule has 0 radical (unpaired) electrons. The molecule has 1 atom stereocenters. The summed E-state index contributed by atoms with van der Waals surface area (Å²) in [6, 6.07) is 7.92. The van der Waals surface area contributed by atoms with E-state index >= 15 is 0 Å². The molecule has 0 saturated carbocycles. The van der Waals surface area contributed by atoms with Crippen LogP contribution >= 0.6 is 11.6 Å². The number of benzene rings is 2. The van der Waals surface area contributed by atoms with Crippen LogP contribution in [0.3, 0.4) is 0 Å². The van der Waals surface area contributed by atoms with Gasteiger partial charge in [-0.2, -0.15) is 0 Å². The van der Waals surface area contributed by atoms with Crippen LogP contribution in [0.2, 0.25) is 5.02 Å². The van der Waals surface area contributed by atoms with Gasteiger partial charge in [-0.1, -0.05) is 23.7 Å². The van der Waals surface area contributed by atoms with Gasteiger partial charge in [0.05, 0.1) is 0 Å². The van der Waals surface area contributed by atoms with Gasteiger partial charge in [0.2, 0.25) is 0 Å². The number of aliphatic carboxylic acids is 1. The second-order valence-electron chi connectivity index (χ2n) is 4.83. The molecule has 2 N–H and O–H groups in total. The number of hydrogen-bond donors (Lipinski definition) is 2. The van der Waals surface area contributed by atoms with E-state index < -0.39 is 29.6 Å². The van der Waals surface area contributed by atoms with E-state index in [9.17, 15) is 23.5 Å². The minimum atomic E-state index is -1.25. The maximum Gasteiger partial charge on any atom is 0.326 e. The molecule has 23 heavy (non-hydrogen) atoms. The fraction of sp³-hybridized carbons (Fsp3) is 0.125. The van der Waals surface area contributed by atoms with Crippen LogP contribution in [0.1, 0.15) is 15.9 Å². The summed E-state index contributed by atoms with van der Waals surface area (Å²) in [6.45, 7) is 0. The van der Waals surface area contributed by atoms with Crippen LogP contribution in [-0.4, -0.2) is 23.0 Å². The number of nitrogens with one attached hydrogen (secondary N) is 1. The second-order valence-corrected chi connectivity index (χ2v) is 5.26. The summed E-state index contributed by atoms with van der Waals surface area (Å²) in [5.41, 5.74) is 0.455. The van der Waals surface area contributed by atoms with E-state index in [2.05, 4.69) is 5.32 Å². The first-order valence-electron chi connectivity index (χ1n) is 6.60. The first-order valence-corrected chi connectivity index (χ1v) is 6.98. The summed E-state index contributed by atoms with van der Waals surface area (Å²) in [7, 11) is 0. The first kappa shape index (κ1) is 16.9. The molecule has 0 aromatic heterocycles. The number of carboxylic acid groups (broad SMARTS) is 1. The third-order valence-electron chi connectivity index (χ3n) is 3.11. The van der Waals surface area contributed by atoms with Crippen molar-refractivity contribution in [3.63, 3.8) is 0 Å². The molecule has 2 aromatic carbocycles. The Morgan fingerprint density at radius 1 is 1.13 bits per heavy atom. The Morgan fingerprint density at radius 3 is 2.48 bits per heavy atom. The van der Waals surface area contributed by atoms with E-state index in [0.29, 0.717) is 16.7 Å². The number of carbonyl (C=O) groups is 2. The summed E-state index contributed by atoms with van der Waals surface area (Å²) >= 11 is 5.83. The molecule has 2 rings (SSSR count). The van der Waals surface area contributed by atoms with Crippen molar-refractivity contribution in [2.24, 2.45) is 0 Å². The van der Waals surface area contributed by atoms with Crippen molar-refractivity contribution in [3.8, 4) is 0 Å². The Bertz CT molecular complexity index is 752. The summed E-state index contributed by atoms with van der Waals surface area (Å²) in [5.74, 6) is -4.33. The zero-order valence-electron chi connectivity index (χ0n) is 11.7. The Hall–Kier alpha value is -2.47. The summed E-state index contributed by atoms with van der Waals surface area (Å²) < 4.78 is 26.0. The van der Waals surface area contributed by atoms with Crippen molar-refractivity contribution in [1.29, 1.82) is 0 Å². The average Bonchev–Trinajstić information content (AvgIpc) is 2.49. The number of hydrogen-bond acceptors (Lipinski definition) is 2. The van der Waals surface area contributed by atoms with E-state index in [0.717, 1.165) is 12.1 Å². The highest BCUT2D eigenvalue weighted by molar-refractivity contribution is 6.30. The molecule has 0 aliphatic carbocycles. The quantitative estimate of drug-likeness (QED) is 0.880. The van der Waals surface area contributed by atoms with Gasteiger partial charge in [0.25, 0.3) is 5.91 Å². The highest BCUT2D eigenvalue weighted by atomic mass is 35.5. The number of halogens is 3. The van der Waals surface area contributed by atoms with Crippen molar-refractivity contribution in [2.45, 2.75) is 12.5 Å². The lowest BCUT2D eigenvalue weighted by Gasteiger charge is -2.15. The minimum absolute atomic E-state index is 0.00527. The van der Waals surface area contributed by atoms with Crippen LogP contribution in [0.15, 0.2) is 42.5 Å². The fourth-order valence-electron chi connectivity index (χ4n) is 1.98. The predicted molar refractivity (Wildman–Crippen MR) is 80.4 cm³/mol. The lowest BCUT2D eigenvalue weighted by molar-refractivity contribution is -0.139. The molecule has 0 unspecified atom stereocenters.